The molecule has 2 aromatic carbocycles. The fourth-order valence-electron chi connectivity index (χ4n) is 2.88. The number of rotatable bonds is 6. The van der Waals surface area contributed by atoms with Gasteiger partial charge < -0.3 is 10.2 Å². The van der Waals surface area contributed by atoms with E-state index in [0.717, 1.165) is 12.8 Å². The van der Waals surface area contributed by atoms with E-state index < -0.39 is 11.6 Å². The molecule has 0 aromatic heterocycles. The Morgan fingerprint density at radius 3 is 1.29 bits per heavy atom. The summed E-state index contributed by atoms with van der Waals surface area (Å²) < 4.78 is 24.1. The summed E-state index contributed by atoms with van der Waals surface area (Å²) in [6.45, 7) is 4.44. The molecule has 0 saturated heterocycles. The second-order valence-corrected chi connectivity index (χ2v) is 7.73. The molecule has 2 aliphatic carbocycles. The van der Waals surface area contributed by atoms with Gasteiger partial charge in [-0.25, -0.2) is 32.1 Å². The molecule has 4 rings (SSSR count). The van der Waals surface area contributed by atoms with Crippen LogP contribution in [-0.2, 0) is 26.2 Å². The van der Waals surface area contributed by atoms with E-state index in [1.165, 1.54) is 86.1 Å². The normalized spacial score (nSPS) is 12.6. The van der Waals surface area contributed by atoms with E-state index >= 15 is 0 Å². The van der Waals surface area contributed by atoms with Crippen LogP contribution >= 0.6 is 0 Å². The molecule has 2 N–H and O–H groups in total. The average Bonchev–Trinajstić information content (AvgIpc) is 3.56. The van der Waals surface area contributed by atoms with Gasteiger partial charge >= 0.3 is 26.2 Å². The molecule has 5 heteroatoms. The van der Waals surface area contributed by atoms with Crippen LogP contribution in [0.4, 0.5) is 8.78 Å². The van der Waals surface area contributed by atoms with Gasteiger partial charge in [-0.3, -0.25) is 12.2 Å². The van der Waals surface area contributed by atoms with Crippen molar-refractivity contribution < 1.29 is 45.2 Å². The minimum Gasteiger partial charge on any atom is -0.505 e. The van der Waals surface area contributed by atoms with Gasteiger partial charge in [0.2, 0.25) is 0 Å². The quantitative estimate of drug-likeness (QED) is 0.349. The number of aromatic hydroxyl groups is 2. The molecule has 186 valence electrons. The van der Waals surface area contributed by atoms with Gasteiger partial charge in [0, 0.05) is 0 Å². The molecule has 0 atom stereocenters. The molecule has 0 amide bonds. The van der Waals surface area contributed by atoms with Crippen LogP contribution in [0.1, 0.15) is 65.2 Å². The number of para-hydroxylation sites is 2. The summed E-state index contributed by atoms with van der Waals surface area (Å²) in [6, 6.07) is 11.2. The summed E-state index contributed by atoms with van der Waals surface area (Å²) >= 11 is 0. The molecular weight excluding hydrogens is 522 g/mol. The molecule has 0 heterocycles. The van der Waals surface area contributed by atoms with Crippen molar-refractivity contribution in [2.45, 2.75) is 65.2 Å². The smallest absolute Gasteiger partial charge is 0.505 e. The number of phenols is 2. The van der Waals surface area contributed by atoms with Gasteiger partial charge in [0.1, 0.15) is 0 Å². The molecular formula is C30H36F2O2Zr. The van der Waals surface area contributed by atoms with Gasteiger partial charge in [0.15, 0.2) is 23.1 Å². The van der Waals surface area contributed by atoms with Crippen LogP contribution in [0.3, 0.4) is 0 Å². The van der Waals surface area contributed by atoms with Crippen LogP contribution in [0.15, 0.2) is 84.0 Å². The van der Waals surface area contributed by atoms with Crippen molar-refractivity contribution in [2.75, 3.05) is 0 Å². The van der Waals surface area contributed by atoms with Gasteiger partial charge in [0.25, 0.3) is 0 Å². The largest absolute Gasteiger partial charge is 2.00 e. The maximum Gasteiger partial charge on any atom is 2.00 e. The van der Waals surface area contributed by atoms with E-state index in [0.29, 0.717) is 0 Å². The average molecular weight is 558 g/mol. The maximum absolute atomic E-state index is 12.1. The minimum absolute atomic E-state index is 0. The third-order valence-corrected chi connectivity index (χ3v) is 4.84. The maximum atomic E-state index is 12.1. The predicted octanol–water partition coefficient (Wildman–Crippen LogP) is 8.79. The molecule has 2 aromatic rings. The predicted molar refractivity (Wildman–Crippen MR) is 136 cm³/mol. The molecule has 0 fully saturated rings. The van der Waals surface area contributed by atoms with Crippen LogP contribution in [0.2, 0.25) is 0 Å². The number of halogens is 2. The van der Waals surface area contributed by atoms with Crippen molar-refractivity contribution in [3.8, 4) is 11.5 Å². The summed E-state index contributed by atoms with van der Waals surface area (Å²) in [5.41, 5.74) is 2.83. The Hall–Kier alpha value is -2.26. The second-order valence-electron chi connectivity index (χ2n) is 7.73. The van der Waals surface area contributed by atoms with Crippen LogP contribution < -0.4 is 0 Å². The Morgan fingerprint density at radius 1 is 0.686 bits per heavy atom. The third-order valence-electron chi connectivity index (χ3n) is 4.84. The Labute approximate surface area is 228 Å². The molecule has 0 bridgehead atoms. The van der Waals surface area contributed by atoms with Crippen molar-refractivity contribution in [2.24, 2.45) is 0 Å². The zero-order valence-electron chi connectivity index (χ0n) is 20.7. The van der Waals surface area contributed by atoms with E-state index in [1.54, 1.807) is 12.1 Å². The molecule has 0 saturated carbocycles. The second kappa shape index (κ2) is 21.1. The zero-order valence-corrected chi connectivity index (χ0v) is 23.2. The molecule has 2 aliphatic rings. The topological polar surface area (TPSA) is 40.5 Å². The van der Waals surface area contributed by atoms with Gasteiger partial charge in [-0.05, 0) is 24.3 Å². The van der Waals surface area contributed by atoms with Crippen molar-refractivity contribution in [3.05, 3.63) is 108 Å². The zero-order chi connectivity index (χ0) is 25.0. The number of hydrogen-bond donors (Lipinski definition) is 2. The van der Waals surface area contributed by atoms with Gasteiger partial charge in [-0.15, -0.1) is 12.8 Å². The third kappa shape index (κ3) is 16.1. The summed E-state index contributed by atoms with van der Waals surface area (Å²) in [6.07, 6.45) is 25.1. The number of unbranched alkanes of at least 4 members (excludes halogenated alkanes) is 2. The Balaban J connectivity index is 0.000000437. The number of phenolic OH excluding ortho intramolecular Hbond substituents is 2. The number of hydrogen-bond acceptors (Lipinski definition) is 2. The van der Waals surface area contributed by atoms with Gasteiger partial charge in [-0.1, -0.05) is 76.6 Å². The Bertz CT molecular complexity index is 829. The molecule has 2 nitrogen and oxygen atoms in total. The molecule has 35 heavy (non-hydrogen) atoms. The minimum atomic E-state index is -0.576. The fraction of sp³-hybridized carbons (Fsp3) is 0.333. The molecule has 0 aliphatic heterocycles. The van der Waals surface area contributed by atoms with Crippen molar-refractivity contribution in [1.29, 1.82) is 0 Å². The van der Waals surface area contributed by atoms with Gasteiger partial charge in [-0.2, -0.15) is 12.2 Å². The molecule has 0 unspecified atom stereocenters. The van der Waals surface area contributed by atoms with Crippen LogP contribution in [0.5, 0.6) is 11.5 Å². The monoisotopic (exact) mass is 556 g/mol. The number of benzene rings is 2. The first-order valence-electron chi connectivity index (χ1n) is 11.9. The summed E-state index contributed by atoms with van der Waals surface area (Å²) in [5, 5.41) is 17.1. The number of allylic oxidation sites excluding steroid dienone is 8. The van der Waals surface area contributed by atoms with E-state index in [9.17, 15) is 8.78 Å². The fourth-order valence-corrected chi connectivity index (χ4v) is 2.88. The van der Waals surface area contributed by atoms with Crippen LogP contribution in [-0.4, -0.2) is 10.2 Å². The first-order valence-corrected chi connectivity index (χ1v) is 11.9. The van der Waals surface area contributed by atoms with Crippen LogP contribution in [0.25, 0.3) is 0 Å². The van der Waals surface area contributed by atoms with Crippen molar-refractivity contribution in [3.63, 3.8) is 0 Å². The Morgan fingerprint density at radius 2 is 1.06 bits per heavy atom. The van der Waals surface area contributed by atoms with Crippen molar-refractivity contribution >= 4 is 0 Å². The summed E-state index contributed by atoms with van der Waals surface area (Å²) in [4.78, 5) is 0. The summed E-state index contributed by atoms with van der Waals surface area (Å²) in [7, 11) is 0. The van der Waals surface area contributed by atoms with Crippen LogP contribution in [0, 0.1) is 23.8 Å². The first-order chi connectivity index (χ1) is 16.5. The Kier molecular flexibility index (Phi) is 19.7. The van der Waals surface area contributed by atoms with Gasteiger partial charge in [0.05, 0.1) is 0 Å². The van der Waals surface area contributed by atoms with E-state index in [-0.39, 0.29) is 37.7 Å². The molecule has 0 spiro atoms. The standard InChI is InChI=1S/2C9H13.2C6H5FO.Zr/c2*1-2-3-6-9-7-4-5-8-9;2*7-5-3-1-2-4-6(5)8;/h2*4,7H,2-3,5-6H2,1H3;2*1-4,8H;/q2*-1;;;+2. The molecule has 0 radical (unpaired) electrons. The SMILES string of the molecule is CCCCC1=[C-]CC=C1.CCCCC1=[C-]CC=C1.Oc1ccccc1F.Oc1ccccc1F.[Zr+2]. The van der Waals surface area contributed by atoms with E-state index in [4.69, 9.17) is 10.2 Å². The van der Waals surface area contributed by atoms with Crippen molar-refractivity contribution in [1.82, 2.24) is 0 Å². The summed E-state index contributed by atoms with van der Waals surface area (Å²) in [5.74, 6) is -1.75. The van der Waals surface area contributed by atoms with E-state index in [2.05, 4.69) is 50.3 Å². The van der Waals surface area contributed by atoms with E-state index in [1.807, 2.05) is 0 Å². The first kappa shape index (κ1) is 32.7.